The van der Waals surface area contributed by atoms with Crippen LogP contribution in [-0.4, -0.2) is 16.1 Å². The molecule has 0 unspecified atom stereocenters. The molecule has 1 aliphatic carbocycles. The quantitative estimate of drug-likeness (QED) is 0.576. The van der Waals surface area contributed by atoms with Gasteiger partial charge in [0.15, 0.2) is 0 Å². The molecule has 3 N–H and O–H groups in total. The Morgan fingerprint density at radius 3 is 2.71 bits per heavy atom. The molecule has 0 radical (unpaired) electrons. The number of nitrogens with one attached hydrogen (secondary N) is 3. The Balaban J connectivity index is 1.34. The highest BCUT2D eigenvalue weighted by molar-refractivity contribution is 5.93. The average Bonchev–Trinajstić information content (AvgIpc) is 3.10. The highest BCUT2D eigenvalue weighted by Gasteiger charge is 2.25. The van der Waals surface area contributed by atoms with Gasteiger partial charge in [0.1, 0.15) is 5.82 Å². The minimum atomic E-state index is -0.257. The highest BCUT2D eigenvalue weighted by atomic mass is 19.1. The number of aromatic amines is 1. The summed E-state index contributed by atoms with van der Waals surface area (Å²) in [5.41, 5.74) is 4.73. The summed E-state index contributed by atoms with van der Waals surface area (Å²) in [6, 6.07) is 14.3. The number of carbonyl (C=O) groups is 1. The molecule has 5 nitrogen and oxygen atoms in total. The van der Waals surface area contributed by atoms with Crippen molar-refractivity contribution in [3.8, 4) is 11.3 Å². The van der Waals surface area contributed by atoms with E-state index in [0.717, 1.165) is 47.3 Å². The molecule has 3 aromatic rings. The van der Waals surface area contributed by atoms with Crippen molar-refractivity contribution < 1.29 is 9.18 Å². The Bertz CT molecular complexity index is 947. The molecule has 144 valence electrons. The smallest absolute Gasteiger partial charge is 0.227 e. The van der Waals surface area contributed by atoms with Crippen LogP contribution in [0, 0.1) is 11.7 Å². The molecule has 1 fully saturated rings. The zero-order valence-electron chi connectivity index (χ0n) is 15.5. The number of rotatable bonds is 7. The monoisotopic (exact) mass is 378 g/mol. The van der Waals surface area contributed by atoms with Gasteiger partial charge in [-0.3, -0.25) is 9.89 Å². The maximum Gasteiger partial charge on any atom is 0.227 e. The lowest BCUT2D eigenvalue weighted by Crippen LogP contribution is -2.28. The highest BCUT2D eigenvalue weighted by Crippen LogP contribution is 2.27. The number of amides is 1. The lowest BCUT2D eigenvalue weighted by Gasteiger charge is -2.24. The first-order valence-electron chi connectivity index (χ1n) is 9.58. The summed E-state index contributed by atoms with van der Waals surface area (Å²) < 4.78 is 13.1. The largest absolute Gasteiger partial charge is 0.326 e. The van der Waals surface area contributed by atoms with E-state index in [1.165, 1.54) is 12.1 Å². The van der Waals surface area contributed by atoms with E-state index in [1.807, 2.05) is 24.3 Å². The van der Waals surface area contributed by atoms with E-state index in [0.29, 0.717) is 13.1 Å². The second kappa shape index (κ2) is 8.35. The molecule has 4 rings (SSSR count). The maximum atomic E-state index is 13.1. The van der Waals surface area contributed by atoms with Crippen LogP contribution in [0.5, 0.6) is 0 Å². The number of anilines is 1. The number of carbonyl (C=O) groups excluding carboxylic acids is 1. The van der Waals surface area contributed by atoms with E-state index in [-0.39, 0.29) is 17.6 Å². The zero-order chi connectivity index (χ0) is 19.3. The first kappa shape index (κ1) is 18.4. The second-order valence-corrected chi connectivity index (χ2v) is 7.20. The average molecular weight is 378 g/mol. The fourth-order valence-electron chi connectivity index (χ4n) is 3.33. The van der Waals surface area contributed by atoms with Gasteiger partial charge >= 0.3 is 0 Å². The van der Waals surface area contributed by atoms with E-state index in [1.54, 1.807) is 18.3 Å². The summed E-state index contributed by atoms with van der Waals surface area (Å²) in [6.07, 6.45) is 4.92. The molecule has 0 spiro atoms. The van der Waals surface area contributed by atoms with E-state index in [9.17, 15) is 9.18 Å². The molecule has 1 heterocycles. The fraction of sp³-hybridized carbons (Fsp3) is 0.273. The molecular weight excluding hydrogens is 355 g/mol. The molecule has 28 heavy (non-hydrogen) atoms. The van der Waals surface area contributed by atoms with E-state index in [2.05, 4.69) is 20.8 Å². The van der Waals surface area contributed by atoms with Gasteiger partial charge < -0.3 is 10.6 Å². The summed E-state index contributed by atoms with van der Waals surface area (Å²) in [5, 5.41) is 13.5. The lowest BCUT2D eigenvalue weighted by molar-refractivity contribution is -0.122. The number of aromatic nitrogens is 2. The van der Waals surface area contributed by atoms with Crippen LogP contribution in [0.25, 0.3) is 11.3 Å². The van der Waals surface area contributed by atoms with Gasteiger partial charge in [-0.2, -0.15) is 5.10 Å². The fourth-order valence-corrected chi connectivity index (χ4v) is 3.33. The Morgan fingerprint density at radius 1 is 1.14 bits per heavy atom. The Labute approximate surface area is 163 Å². The standard InChI is InChI=1S/C22H23FN4O/c23-19-9-7-16(8-10-19)21-18(14-25-27-21)13-24-12-15-3-1-6-20(11-15)26-22(28)17-4-2-5-17/h1,3,6-11,14,17,24H,2,4-5,12-13H2,(H,25,27)(H,26,28). The van der Waals surface area contributed by atoms with Crippen LogP contribution in [0.15, 0.2) is 54.7 Å². The molecule has 0 bridgehead atoms. The van der Waals surface area contributed by atoms with Gasteiger partial charge in [0.25, 0.3) is 0 Å². The molecule has 0 atom stereocenters. The predicted octanol–water partition coefficient (Wildman–Crippen LogP) is 4.24. The maximum absolute atomic E-state index is 13.1. The van der Waals surface area contributed by atoms with Crippen LogP contribution in [-0.2, 0) is 17.9 Å². The number of nitrogens with zero attached hydrogens (tertiary/aromatic N) is 1. The summed E-state index contributed by atoms with van der Waals surface area (Å²) in [4.78, 5) is 12.1. The van der Waals surface area contributed by atoms with Crippen LogP contribution < -0.4 is 10.6 Å². The van der Waals surface area contributed by atoms with Crippen molar-refractivity contribution in [2.45, 2.75) is 32.4 Å². The predicted molar refractivity (Wildman–Crippen MR) is 107 cm³/mol. The van der Waals surface area contributed by atoms with Crippen molar-refractivity contribution in [1.82, 2.24) is 15.5 Å². The minimum absolute atomic E-state index is 0.124. The van der Waals surface area contributed by atoms with Crippen LogP contribution in [0.1, 0.15) is 30.4 Å². The number of hydrogen-bond donors (Lipinski definition) is 3. The summed E-state index contributed by atoms with van der Waals surface area (Å²) in [7, 11) is 0. The molecule has 1 aromatic heterocycles. The van der Waals surface area contributed by atoms with Gasteiger partial charge in [0.05, 0.1) is 11.9 Å². The molecule has 1 aliphatic rings. The van der Waals surface area contributed by atoms with Crippen molar-refractivity contribution in [2.24, 2.45) is 5.92 Å². The topological polar surface area (TPSA) is 69.8 Å². The minimum Gasteiger partial charge on any atom is -0.326 e. The molecule has 1 saturated carbocycles. The SMILES string of the molecule is O=C(Nc1cccc(CNCc2cn[nH]c2-c2ccc(F)cc2)c1)C1CCC1. The third-order valence-corrected chi connectivity index (χ3v) is 5.17. The number of halogens is 1. The van der Waals surface area contributed by atoms with E-state index >= 15 is 0 Å². The van der Waals surface area contributed by atoms with Crippen LogP contribution in [0.4, 0.5) is 10.1 Å². The normalized spacial score (nSPS) is 13.9. The van der Waals surface area contributed by atoms with Crippen molar-refractivity contribution in [3.05, 3.63) is 71.7 Å². The second-order valence-electron chi connectivity index (χ2n) is 7.20. The van der Waals surface area contributed by atoms with Crippen molar-refractivity contribution in [2.75, 3.05) is 5.32 Å². The molecule has 0 saturated heterocycles. The van der Waals surface area contributed by atoms with Crippen molar-refractivity contribution in [1.29, 1.82) is 0 Å². The third kappa shape index (κ3) is 4.28. The molecule has 0 aliphatic heterocycles. The van der Waals surface area contributed by atoms with Gasteiger partial charge in [-0.05, 0) is 54.8 Å². The molecule has 2 aromatic carbocycles. The zero-order valence-corrected chi connectivity index (χ0v) is 15.5. The van der Waals surface area contributed by atoms with Gasteiger partial charge in [-0.1, -0.05) is 18.6 Å². The summed E-state index contributed by atoms with van der Waals surface area (Å²) in [5.74, 6) is 0.0404. The molecule has 1 amide bonds. The molecular formula is C22H23FN4O. The summed E-state index contributed by atoms with van der Waals surface area (Å²) >= 11 is 0. The molecule has 6 heteroatoms. The number of hydrogen-bond acceptors (Lipinski definition) is 3. The Hall–Kier alpha value is -2.99. The number of H-pyrrole nitrogens is 1. The van der Waals surface area contributed by atoms with E-state index < -0.39 is 0 Å². The Morgan fingerprint density at radius 2 is 1.96 bits per heavy atom. The summed E-state index contributed by atoms with van der Waals surface area (Å²) in [6.45, 7) is 1.29. The first-order valence-corrected chi connectivity index (χ1v) is 9.58. The van der Waals surface area contributed by atoms with Crippen molar-refractivity contribution >= 4 is 11.6 Å². The third-order valence-electron chi connectivity index (χ3n) is 5.17. The van der Waals surface area contributed by atoms with Gasteiger partial charge in [-0.15, -0.1) is 0 Å². The first-order chi connectivity index (χ1) is 13.7. The van der Waals surface area contributed by atoms with Crippen LogP contribution in [0.2, 0.25) is 0 Å². The van der Waals surface area contributed by atoms with Crippen LogP contribution >= 0.6 is 0 Å². The van der Waals surface area contributed by atoms with Gasteiger partial charge in [0, 0.05) is 35.8 Å². The van der Waals surface area contributed by atoms with Gasteiger partial charge in [-0.25, -0.2) is 4.39 Å². The number of benzene rings is 2. The van der Waals surface area contributed by atoms with Gasteiger partial charge in [0.2, 0.25) is 5.91 Å². The Kier molecular flexibility index (Phi) is 5.48. The van der Waals surface area contributed by atoms with Crippen molar-refractivity contribution in [3.63, 3.8) is 0 Å². The van der Waals surface area contributed by atoms with Crippen LogP contribution in [0.3, 0.4) is 0 Å². The lowest BCUT2D eigenvalue weighted by atomic mass is 9.85. The van der Waals surface area contributed by atoms with E-state index in [4.69, 9.17) is 0 Å².